The molecule has 9 nitrogen and oxygen atoms in total. The molecule has 2 atom stereocenters. The molecule has 1 saturated heterocycles. The van der Waals surface area contributed by atoms with Crippen molar-refractivity contribution < 1.29 is 46.8 Å². The summed E-state index contributed by atoms with van der Waals surface area (Å²) in [5.41, 5.74) is 1.71. The monoisotopic (exact) mass is 666 g/mol. The molecule has 1 amide bonds. The zero-order chi connectivity index (χ0) is 32.0. The summed E-state index contributed by atoms with van der Waals surface area (Å²) in [6.07, 6.45) is -3.67. The normalized spacial score (nSPS) is 16.3. The molecule has 1 fully saturated rings. The maximum atomic E-state index is 13.4. The van der Waals surface area contributed by atoms with Crippen molar-refractivity contribution in [1.82, 2.24) is 9.80 Å². The number of carbonyl (C=O) groups is 1. The molecule has 1 N–H and O–H groups in total. The number of alkyl halides is 3. The molecule has 44 heavy (non-hydrogen) atoms. The van der Waals surface area contributed by atoms with E-state index in [1.807, 2.05) is 24.3 Å². The fourth-order valence-electron chi connectivity index (χ4n) is 4.68. The van der Waals surface area contributed by atoms with Crippen LogP contribution in [0.4, 0.5) is 13.2 Å². The predicted octanol–water partition coefficient (Wildman–Crippen LogP) is 4.77. The highest BCUT2D eigenvalue weighted by atomic mass is 35.5. The zero-order valence-corrected chi connectivity index (χ0v) is 26.1. The van der Waals surface area contributed by atoms with E-state index in [2.05, 4.69) is 9.64 Å². The lowest BCUT2D eigenvalue weighted by atomic mass is 10.0. The highest BCUT2D eigenvalue weighted by molar-refractivity contribution is 6.42. The molecule has 1 heterocycles. The summed E-state index contributed by atoms with van der Waals surface area (Å²) in [5.74, 6) is 0.556. The van der Waals surface area contributed by atoms with Crippen molar-refractivity contribution in [2.75, 3.05) is 79.5 Å². The lowest BCUT2D eigenvalue weighted by Crippen LogP contribution is -2.39. The Hall–Kier alpha value is -2.16. The van der Waals surface area contributed by atoms with Gasteiger partial charge in [-0.15, -0.1) is 13.2 Å². The fourth-order valence-corrected chi connectivity index (χ4v) is 5.00. The number of hydrogen-bond acceptors (Lipinski definition) is 8. The molecule has 1 aliphatic rings. The molecule has 0 saturated carbocycles. The van der Waals surface area contributed by atoms with Gasteiger partial charge in [0.25, 0.3) is 0 Å². The molecule has 3 rings (SSSR count). The van der Waals surface area contributed by atoms with Crippen molar-refractivity contribution in [3.05, 3.63) is 63.6 Å². The second-order valence-electron chi connectivity index (χ2n) is 10.1. The van der Waals surface area contributed by atoms with Crippen LogP contribution in [0.1, 0.15) is 23.6 Å². The van der Waals surface area contributed by atoms with E-state index in [-0.39, 0.29) is 57.5 Å². The number of likely N-dealkylation sites (N-methyl/N-ethyl adjacent to an activating group) is 1. The van der Waals surface area contributed by atoms with E-state index in [1.165, 1.54) is 0 Å². The van der Waals surface area contributed by atoms with E-state index < -0.39 is 13.0 Å². The van der Waals surface area contributed by atoms with Crippen LogP contribution in [-0.4, -0.2) is 113 Å². The maximum Gasteiger partial charge on any atom is 0.522 e. The largest absolute Gasteiger partial charge is 0.522 e. The van der Waals surface area contributed by atoms with Gasteiger partial charge in [0.05, 0.1) is 74.9 Å². The van der Waals surface area contributed by atoms with Crippen LogP contribution in [0, 0.1) is 0 Å². The number of nitrogens with zero attached hydrogens (tertiary/aromatic N) is 2. The Labute approximate surface area is 265 Å². The van der Waals surface area contributed by atoms with Gasteiger partial charge in [-0.3, -0.25) is 14.4 Å². The van der Waals surface area contributed by atoms with Crippen molar-refractivity contribution in [1.29, 1.82) is 0 Å². The summed E-state index contributed by atoms with van der Waals surface area (Å²) in [7, 11) is 1.79. The number of aliphatic hydroxyl groups is 1. The lowest BCUT2D eigenvalue weighted by Gasteiger charge is -2.32. The van der Waals surface area contributed by atoms with Crippen LogP contribution in [0.25, 0.3) is 0 Å². The molecular formula is C30H39Cl2F3N2O7. The van der Waals surface area contributed by atoms with Crippen LogP contribution in [0.2, 0.25) is 10.0 Å². The van der Waals surface area contributed by atoms with E-state index in [9.17, 15) is 18.0 Å². The quantitative estimate of drug-likeness (QED) is 0.215. The second kappa shape index (κ2) is 18.7. The van der Waals surface area contributed by atoms with Gasteiger partial charge in [-0.1, -0.05) is 41.4 Å². The van der Waals surface area contributed by atoms with Crippen LogP contribution in [-0.2, 0) is 30.2 Å². The van der Waals surface area contributed by atoms with Crippen molar-refractivity contribution in [2.24, 2.45) is 0 Å². The third kappa shape index (κ3) is 13.1. The first-order valence-electron chi connectivity index (χ1n) is 14.3. The van der Waals surface area contributed by atoms with Crippen molar-refractivity contribution >= 4 is 29.1 Å². The maximum absolute atomic E-state index is 13.4. The van der Waals surface area contributed by atoms with Gasteiger partial charge >= 0.3 is 6.36 Å². The number of benzene rings is 2. The second-order valence-corrected chi connectivity index (χ2v) is 11.0. The zero-order valence-electron chi connectivity index (χ0n) is 24.6. The number of amides is 1. The number of likely N-dealkylation sites (tertiary alicyclic amines) is 1. The smallest absolute Gasteiger partial charge is 0.491 e. The summed E-state index contributed by atoms with van der Waals surface area (Å²) < 4.78 is 61.3. The SMILES string of the molecule is CN(C(=O)Cc1ccc(Cl)c(Cl)c1)[C@H](CN1CC[C@H](OCCOCCOCCOC(F)(F)F)C1)c1ccc(OCCO)cc1. The summed E-state index contributed by atoms with van der Waals surface area (Å²) in [4.78, 5) is 17.4. The Morgan fingerprint density at radius 3 is 2.34 bits per heavy atom. The Kier molecular flexibility index (Phi) is 15.5. The first-order valence-corrected chi connectivity index (χ1v) is 15.0. The Morgan fingerprint density at radius 2 is 1.68 bits per heavy atom. The standard InChI is InChI=1S/C30H39Cl2F3N2O7/c1-36(29(39)19-22-2-7-26(31)27(32)18-22)28(23-3-5-24(6-4-23)42-11-10-38)21-37-9-8-25(20-37)43-16-14-40-12-13-41-15-17-44-30(33,34)35/h2-7,18,25,28,38H,8-17,19-21H2,1H3/t25-,28+/m0/s1. The molecule has 246 valence electrons. The van der Waals surface area contributed by atoms with Gasteiger partial charge in [0.2, 0.25) is 5.91 Å². The molecular weight excluding hydrogens is 628 g/mol. The highest BCUT2D eigenvalue weighted by Crippen LogP contribution is 2.28. The van der Waals surface area contributed by atoms with E-state index in [0.29, 0.717) is 42.1 Å². The molecule has 14 heteroatoms. The minimum atomic E-state index is -4.66. The average molecular weight is 668 g/mol. The predicted molar refractivity (Wildman–Crippen MR) is 159 cm³/mol. The van der Waals surface area contributed by atoms with Gasteiger partial charge in [0.1, 0.15) is 12.4 Å². The van der Waals surface area contributed by atoms with E-state index in [0.717, 1.165) is 24.1 Å². The van der Waals surface area contributed by atoms with Gasteiger partial charge in [-0.05, 0) is 41.8 Å². The minimum absolute atomic E-state index is 0.00138. The summed E-state index contributed by atoms with van der Waals surface area (Å²) in [5, 5.41) is 9.87. The van der Waals surface area contributed by atoms with E-state index in [4.69, 9.17) is 47.3 Å². The minimum Gasteiger partial charge on any atom is -0.491 e. The van der Waals surface area contributed by atoms with Gasteiger partial charge < -0.3 is 29.0 Å². The van der Waals surface area contributed by atoms with Gasteiger partial charge in [0.15, 0.2) is 0 Å². The van der Waals surface area contributed by atoms with Gasteiger partial charge in [-0.25, -0.2) is 0 Å². The third-order valence-corrected chi connectivity index (χ3v) is 7.67. The van der Waals surface area contributed by atoms with Crippen LogP contribution in [0.3, 0.4) is 0 Å². The molecule has 0 spiro atoms. The molecule has 0 aliphatic carbocycles. The van der Waals surface area contributed by atoms with E-state index >= 15 is 0 Å². The summed E-state index contributed by atoms with van der Waals surface area (Å²) in [6.45, 7) is 2.55. The lowest BCUT2D eigenvalue weighted by molar-refractivity contribution is -0.327. The topological polar surface area (TPSA) is 89.9 Å². The van der Waals surface area contributed by atoms with Gasteiger partial charge in [-0.2, -0.15) is 0 Å². The molecule has 0 unspecified atom stereocenters. The van der Waals surface area contributed by atoms with E-state index in [1.54, 1.807) is 30.1 Å². The number of halogens is 5. The van der Waals surface area contributed by atoms with Crippen molar-refractivity contribution in [3.63, 3.8) is 0 Å². The summed E-state index contributed by atoms with van der Waals surface area (Å²) in [6, 6.07) is 12.4. The molecule has 2 aromatic rings. The van der Waals surface area contributed by atoms with Crippen LogP contribution >= 0.6 is 23.2 Å². The Bertz CT molecular complexity index is 1140. The van der Waals surface area contributed by atoms with Crippen LogP contribution in [0.15, 0.2) is 42.5 Å². The Morgan fingerprint density at radius 1 is 1.00 bits per heavy atom. The molecule has 0 radical (unpaired) electrons. The van der Waals surface area contributed by atoms with Crippen LogP contribution < -0.4 is 4.74 Å². The molecule has 0 aromatic heterocycles. The first kappa shape index (κ1) is 36.3. The van der Waals surface area contributed by atoms with Gasteiger partial charge in [0, 0.05) is 26.7 Å². The summed E-state index contributed by atoms with van der Waals surface area (Å²) >= 11 is 12.2. The van der Waals surface area contributed by atoms with Crippen LogP contribution in [0.5, 0.6) is 5.75 Å². The number of ether oxygens (including phenoxy) is 5. The molecule has 0 bridgehead atoms. The average Bonchev–Trinajstić information content (AvgIpc) is 3.44. The van der Waals surface area contributed by atoms with Crippen molar-refractivity contribution in [3.8, 4) is 5.75 Å². The number of carbonyl (C=O) groups excluding carboxylic acids is 1. The first-order chi connectivity index (χ1) is 21.1. The third-order valence-electron chi connectivity index (χ3n) is 6.93. The molecule has 1 aliphatic heterocycles. The number of hydrogen-bond donors (Lipinski definition) is 1. The Balaban J connectivity index is 1.48. The highest BCUT2D eigenvalue weighted by Gasteiger charge is 2.30. The fraction of sp³-hybridized carbons (Fsp3) is 0.567. The van der Waals surface area contributed by atoms with Crippen molar-refractivity contribution in [2.45, 2.75) is 31.3 Å². The number of rotatable bonds is 19. The molecule has 2 aromatic carbocycles. The number of aliphatic hydroxyl groups excluding tert-OH is 1.